The summed E-state index contributed by atoms with van der Waals surface area (Å²) in [6.07, 6.45) is 9.24. The lowest BCUT2D eigenvalue weighted by molar-refractivity contribution is -0.119. The molecule has 0 aliphatic carbocycles. The van der Waals surface area contributed by atoms with Crippen LogP contribution in [0.5, 0.6) is 0 Å². The number of aldehydes is 1. The molecule has 0 radical (unpaired) electrons. The van der Waals surface area contributed by atoms with E-state index in [4.69, 9.17) is 4.74 Å². The fraction of sp³-hybridized carbons (Fsp3) is 0.875. The number of carbonyl (C=O) groups excluding carboxylic acids is 2. The number of hydrogen-bond acceptors (Lipinski definition) is 3. The van der Waals surface area contributed by atoms with Gasteiger partial charge in [-0.15, -0.1) is 0 Å². The first kappa shape index (κ1) is 18.3. The summed E-state index contributed by atoms with van der Waals surface area (Å²) in [7, 11) is 0. The van der Waals surface area contributed by atoms with Crippen molar-refractivity contribution in [1.82, 2.24) is 0 Å². The Morgan fingerprint density at radius 3 is 2.42 bits per heavy atom. The molecule has 3 heteroatoms. The molecule has 3 nitrogen and oxygen atoms in total. The first-order valence-electron chi connectivity index (χ1n) is 7.77. The molecule has 1 aliphatic heterocycles. The number of hydrogen-bond donors (Lipinski definition) is 0. The van der Waals surface area contributed by atoms with Crippen molar-refractivity contribution >= 4 is 12.1 Å². The third kappa shape index (κ3) is 12.1. The maximum atomic E-state index is 11.3. The van der Waals surface area contributed by atoms with Gasteiger partial charge in [0.15, 0.2) is 0 Å². The van der Waals surface area contributed by atoms with E-state index in [2.05, 4.69) is 13.8 Å². The van der Waals surface area contributed by atoms with Gasteiger partial charge in [-0.2, -0.15) is 0 Å². The van der Waals surface area contributed by atoms with Crippen LogP contribution in [0.15, 0.2) is 0 Å². The van der Waals surface area contributed by atoms with Gasteiger partial charge < -0.3 is 9.53 Å². The third-order valence-corrected chi connectivity index (χ3v) is 3.37. The average Bonchev–Trinajstić information content (AvgIpc) is 2.92. The zero-order valence-electron chi connectivity index (χ0n) is 12.7. The number of ketones is 1. The maximum absolute atomic E-state index is 11.3. The summed E-state index contributed by atoms with van der Waals surface area (Å²) in [5.74, 6) is 0.976. The predicted molar refractivity (Wildman–Crippen MR) is 78.3 cm³/mol. The Labute approximate surface area is 118 Å². The first-order valence-corrected chi connectivity index (χ1v) is 7.77. The minimum absolute atomic E-state index is 0.302. The van der Waals surface area contributed by atoms with Gasteiger partial charge in [-0.3, -0.25) is 4.79 Å². The van der Waals surface area contributed by atoms with Crippen molar-refractivity contribution in [3.63, 3.8) is 0 Å². The van der Waals surface area contributed by atoms with E-state index in [-0.39, 0.29) is 0 Å². The summed E-state index contributed by atoms with van der Waals surface area (Å²) in [5.41, 5.74) is 0. The van der Waals surface area contributed by atoms with Gasteiger partial charge in [0, 0.05) is 32.5 Å². The van der Waals surface area contributed by atoms with Crippen LogP contribution in [0.3, 0.4) is 0 Å². The predicted octanol–water partition coefficient (Wildman–Crippen LogP) is 3.94. The molecule has 1 atom stereocenters. The number of ether oxygens (including phenoxy) is 1. The second-order valence-electron chi connectivity index (χ2n) is 5.22. The highest BCUT2D eigenvalue weighted by molar-refractivity contribution is 5.78. The van der Waals surface area contributed by atoms with Gasteiger partial charge in [0.1, 0.15) is 12.1 Å². The lowest BCUT2D eigenvalue weighted by Crippen LogP contribution is -2.02. The van der Waals surface area contributed by atoms with Crippen molar-refractivity contribution in [3.05, 3.63) is 0 Å². The lowest BCUT2D eigenvalue weighted by Gasteiger charge is -2.05. The van der Waals surface area contributed by atoms with Crippen LogP contribution >= 0.6 is 0 Å². The molecule has 1 aliphatic rings. The van der Waals surface area contributed by atoms with Crippen LogP contribution in [0.4, 0.5) is 0 Å². The van der Waals surface area contributed by atoms with Gasteiger partial charge in [0.2, 0.25) is 0 Å². The monoisotopic (exact) mass is 270 g/mol. The summed E-state index contributed by atoms with van der Waals surface area (Å²) in [6, 6.07) is 0. The summed E-state index contributed by atoms with van der Waals surface area (Å²) in [4.78, 5) is 21.4. The van der Waals surface area contributed by atoms with E-state index in [1.807, 2.05) is 0 Å². The normalized spacial score (nSPS) is 17.7. The molecule has 0 N–H and O–H groups in total. The van der Waals surface area contributed by atoms with E-state index >= 15 is 0 Å². The van der Waals surface area contributed by atoms with Gasteiger partial charge >= 0.3 is 0 Å². The van der Waals surface area contributed by atoms with Crippen molar-refractivity contribution in [3.8, 4) is 0 Å². The lowest BCUT2D eigenvalue weighted by atomic mass is 9.99. The largest absolute Gasteiger partial charge is 0.381 e. The van der Waals surface area contributed by atoms with Gasteiger partial charge in [-0.05, 0) is 31.6 Å². The molecular weight excluding hydrogens is 240 g/mol. The minimum atomic E-state index is 0.302. The Bertz CT molecular complexity index is 218. The Hall–Kier alpha value is -0.700. The van der Waals surface area contributed by atoms with Crippen molar-refractivity contribution in [2.24, 2.45) is 5.92 Å². The molecule has 0 aromatic rings. The van der Waals surface area contributed by atoms with Crippen LogP contribution < -0.4 is 0 Å². The number of unbranched alkanes of at least 4 members (excludes halogenated alkanes) is 2. The molecule has 1 rings (SSSR count). The van der Waals surface area contributed by atoms with Crippen LogP contribution in [0.25, 0.3) is 0 Å². The summed E-state index contributed by atoms with van der Waals surface area (Å²) >= 11 is 0. The fourth-order valence-corrected chi connectivity index (χ4v) is 1.91. The van der Waals surface area contributed by atoms with Crippen molar-refractivity contribution in [2.45, 2.75) is 71.6 Å². The third-order valence-electron chi connectivity index (χ3n) is 3.37. The number of rotatable bonds is 9. The average molecular weight is 270 g/mol. The van der Waals surface area contributed by atoms with E-state index in [1.165, 1.54) is 12.8 Å². The molecular formula is C16H30O3. The second-order valence-corrected chi connectivity index (χ2v) is 5.22. The highest BCUT2D eigenvalue weighted by Crippen LogP contribution is 2.19. The van der Waals surface area contributed by atoms with Crippen molar-refractivity contribution in [2.75, 3.05) is 13.2 Å². The standard InChI is InChI=1S/C12H20O3.C4H10/c13-8-2-1-5-12(14)6-3-4-11-7-9-15-10-11;1-3-4-2/h8,11H,1-7,9-10H2;3-4H2,1-2H3. The SMILES string of the molecule is CCCC.O=CCCCC(=O)CCCC1CCOC1. The van der Waals surface area contributed by atoms with E-state index in [0.29, 0.717) is 31.0 Å². The molecule has 0 amide bonds. The van der Waals surface area contributed by atoms with Gasteiger partial charge in [0.05, 0.1) is 0 Å². The zero-order valence-corrected chi connectivity index (χ0v) is 12.7. The van der Waals surface area contributed by atoms with Crippen LogP contribution in [0.1, 0.15) is 71.6 Å². The van der Waals surface area contributed by atoms with E-state index < -0.39 is 0 Å². The van der Waals surface area contributed by atoms with Gasteiger partial charge in [-0.25, -0.2) is 0 Å². The van der Waals surface area contributed by atoms with Crippen molar-refractivity contribution < 1.29 is 14.3 Å². The van der Waals surface area contributed by atoms with Crippen molar-refractivity contribution in [1.29, 1.82) is 0 Å². The molecule has 0 spiro atoms. The molecule has 1 fully saturated rings. The second kappa shape index (κ2) is 13.7. The molecule has 0 saturated carbocycles. The summed E-state index contributed by atoms with van der Waals surface area (Å²) in [6.45, 7) is 6.12. The molecule has 19 heavy (non-hydrogen) atoms. The molecule has 0 aromatic heterocycles. The Balaban J connectivity index is 0.000000711. The Morgan fingerprint density at radius 2 is 1.89 bits per heavy atom. The molecule has 1 heterocycles. The molecule has 112 valence electrons. The molecule has 1 saturated heterocycles. The number of Topliss-reactive ketones (excluding diaryl/α,β-unsaturated/α-hetero) is 1. The molecule has 0 aromatic carbocycles. The minimum Gasteiger partial charge on any atom is -0.381 e. The fourth-order valence-electron chi connectivity index (χ4n) is 1.91. The Morgan fingerprint density at radius 1 is 1.21 bits per heavy atom. The maximum Gasteiger partial charge on any atom is 0.132 e. The zero-order chi connectivity index (χ0) is 14.3. The molecule has 0 bridgehead atoms. The number of carbonyl (C=O) groups is 2. The van der Waals surface area contributed by atoms with E-state index in [0.717, 1.165) is 45.2 Å². The van der Waals surface area contributed by atoms with E-state index in [9.17, 15) is 9.59 Å². The van der Waals surface area contributed by atoms with Crippen LogP contribution in [-0.4, -0.2) is 25.3 Å². The highest BCUT2D eigenvalue weighted by atomic mass is 16.5. The summed E-state index contributed by atoms with van der Waals surface area (Å²) < 4.78 is 5.27. The quantitative estimate of drug-likeness (QED) is 0.471. The smallest absolute Gasteiger partial charge is 0.132 e. The Kier molecular flexibility index (Phi) is 13.2. The van der Waals surface area contributed by atoms with Gasteiger partial charge in [-0.1, -0.05) is 26.7 Å². The topological polar surface area (TPSA) is 43.4 Å². The van der Waals surface area contributed by atoms with Gasteiger partial charge in [0.25, 0.3) is 0 Å². The highest BCUT2D eigenvalue weighted by Gasteiger charge is 2.15. The van der Waals surface area contributed by atoms with Crippen LogP contribution in [0.2, 0.25) is 0 Å². The van der Waals surface area contributed by atoms with E-state index in [1.54, 1.807) is 0 Å². The van der Waals surface area contributed by atoms with Crippen LogP contribution in [-0.2, 0) is 14.3 Å². The first-order chi connectivity index (χ1) is 9.24. The summed E-state index contributed by atoms with van der Waals surface area (Å²) in [5, 5.41) is 0. The van der Waals surface area contributed by atoms with Crippen LogP contribution in [0, 0.1) is 5.92 Å². The molecule has 1 unspecified atom stereocenters.